The molecule has 0 aliphatic carbocycles. The molecule has 0 aliphatic rings. The maximum atomic E-state index is 10.3. The number of phenolic OH excluding ortho intramolecular Hbond substituents is 2. The molecule has 5 heteroatoms. The molecule has 0 aromatic heterocycles. The van der Waals surface area contributed by atoms with Crippen molar-refractivity contribution in [1.29, 1.82) is 0 Å². The smallest absolute Gasteiger partial charge is 0.122 e. The summed E-state index contributed by atoms with van der Waals surface area (Å²) < 4.78 is 0. The van der Waals surface area contributed by atoms with Crippen molar-refractivity contribution in [3.05, 3.63) is 51.9 Å². The maximum Gasteiger partial charge on any atom is 0.122 e. The van der Waals surface area contributed by atoms with Gasteiger partial charge in [-0.05, 0) is 29.8 Å². The van der Waals surface area contributed by atoms with Gasteiger partial charge in [-0.2, -0.15) is 4.91 Å². The fourth-order valence-corrected chi connectivity index (χ4v) is 2.02. The third kappa shape index (κ3) is 2.28. The minimum atomic E-state index is -0.184. The van der Waals surface area contributed by atoms with Crippen molar-refractivity contribution in [3.8, 4) is 22.6 Å². The topological polar surface area (TPSA) is 69.9 Å². The van der Waals surface area contributed by atoms with Gasteiger partial charge in [0.25, 0.3) is 0 Å². The molecule has 0 bridgehead atoms. The molecule has 4 nitrogen and oxygen atoms in total. The van der Waals surface area contributed by atoms with E-state index >= 15 is 0 Å². The quantitative estimate of drug-likeness (QED) is 0.830. The van der Waals surface area contributed by atoms with Gasteiger partial charge < -0.3 is 10.2 Å². The van der Waals surface area contributed by atoms with E-state index in [9.17, 15) is 15.1 Å². The van der Waals surface area contributed by atoms with Gasteiger partial charge in [-0.3, -0.25) is 0 Å². The van der Waals surface area contributed by atoms with Gasteiger partial charge in [-0.1, -0.05) is 28.9 Å². The monoisotopic (exact) mass is 263 g/mol. The summed E-state index contributed by atoms with van der Waals surface area (Å²) in [5, 5.41) is 21.9. The van der Waals surface area contributed by atoms with E-state index in [1.54, 1.807) is 18.2 Å². The Balaban J connectivity index is 2.55. The lowest BCUT2D eigenvalue weighted by Gasteiger charge is -2.09. The normalized spacial score (nSPS) is 10.3. The average molecular weight is 264 g/mol. The first-order chi connectivity index (χ1) is 8.63. The first kappa shape index (κ1) is 12.4. The van der Waals surface area contributed by atoms with Gasteiger partial charge in [0.05, 0.1) is 5.02 Å². The van der Waals surface area contributed by atoms with Crippen LogP contribution < -0.4 is 0 Å². The Bertz CT molecular complexity index is 582. The highest BCUT2D eigenvalue weighted by Crippen LogP contribution is 2.36. The molecule has 2 aromatic rings. The van der Waals surface area contributed by atoms with Crippen LogP contribution in [0.15, 0.2) is 41.6 Å². The Labute approximate surface area is 108 Å². The molecule has 0 heterocycles. The van der Waals surface area contributed by atoms with Crippen LogP contribution in [0.25, 0.3) is 11.1 Å². The SMILES string of the molecule is O=NCc1c(O)ccc(-c2ccc(O)cc2)c1Cl. The van der Waals surface area contributed by atoms with Crippen LogP contribution in [0.3, 0.4) is 0 Å². The van der Waals surface area contributed by atoms with E-state index in [4.69, 9.17) is 11.6 Å². The van der Waals surface area contributed by atoms with E-state index in [1.807, 2.05) is 0 Å². The lowest BCUT2D eigenvalue weighted by Crippen LogP contribution is -1.88. The first-order valence-corrected chi connectivity index (χ1v) is 5.60. The van der Waals surface area contributed by atoms with Gasteiger partial charge in [-0.15, -0.1) is 0 Å². The van der Waals surface area contributed by atoms with Crippen molar-refractivity contribution in [1.82, 2.24) is 0 Å². The number of halogens is 1. The second-order valence-electron chi connectivity index (χ2n) is 3.76. The molecule has 0 saturated carbocycles. The second kappa shape index (κ2) is 5.06. The van der Waals surface area contributed by atoms with Crippen LogP contribution in [0.4, 0.5) is 0 Å². The molecule has 0 atom stereocenters. The summed E-state index contributed by atoms with van der Waals surface area (Å²) in [5.74, 6) is 0.102. The van der Waals surface area contributed by atoms with Crippen molar-refractivity contribution in [2.24, 2.45) is 5.18 Å². The molecule has 2 aromatic carbocycles. The number of aromatic hydroxyl groups is 2. The number of phenols is 2. The van der Waals surface area contributed by atoms with Gasteiger partial charge in [0, 0.05) is 11.1 Å². The summed E-state index contributed by atoms with van der Waals surface area (Å²) >= 11 is 6.15. The first-order valence-electron chi connectivity index (χ1n) is 5.22. The standard InChI is InChI=1S/C13H10ClNO3/c14-13-10(8-1-3-9(16)4-2-8)5-6-12(17)11(13)7-15-18/h1-6,16-17H,7H2. The molecule has 0 fully saturated rings. The van der Waals surface area contributed by atoms with E-state index < -0.39 is 0 Å². The van der Waals surface area contributed by atoms with Gasteiger partial charge >= 0.3 is 0 Å². The summed E-state index contributed by atoms with van der Waals surface area (Å²) in [4.78, 5) is 10.3. The number of hydrogen-bond acceptors (Lipinski definition) is 4. The summed E-state index contributed by atoms with van der Waals surface area (Å²) in [5.41, 5.74) is 1.76. The molecule has 0 unspecified atom stereocenters. The zero-order valence-corrected chi connectivity index (χ0v) is 10.1. The molecule has 0 radical (unpaired) electrons. The Hall–Kier alpha value is -2.07. The number of rotatable bonds is 3. The molecular weight excluding hydrogens is 254 g/mol. The number of nitroso groups, excluding NO2 is 1. The number of hydrogen-bond donors (Lipinski definition) is 2. The van der Waals surface area contributed by atoms with E-state index in [1.165, 1.54) is 18.2 Å². The van der Waals surface area contributed by atoms with E-state index in [2.05, 4.69) is 5.18 Å². The van der Waals surface area contributed by atoms with Crippen molar-refractivity contribution < 1.29 is 10.2 Å². The maximum absolute atomic E-state index is 10.3. The van der Waals surface area contributed by atoms with Crippen LogP contribution in [0, 0.1) is 4.91 Å². The predicted molar refractivity (Wildman–Crippen MR) is 69.7 cm³/mol. The van der Waals surface area contributed by atoms with E-state index in [0.717, 1.165) is 5.56 Å². The van der Waals surface area contributed by atoms with Crippen molar-refractivity contribution >= 4 is 11.6 Å². The predicted octanol–water partition coefficient (Wildman–Crippen LogP) is 3.68. The summed E-state index contributed by atoms with van der Waals surface area (Å²) in [6, 6.07) is 9.59. The minimum absolute atomic E-state index is 0.0536. The largest absolute Gasteiger partial charge is 0.508 e. The highest BCUT2D eigenvalue weighted by Gasteiger charge is 2.12. The van der Waals surface area contributed by atoms with E-state index in [-0.39, 0.29) is 18.0 Å². The van der Waals surface area contributed by atoms with Crippen LogP contribution in [-0.4, -0.2) is 10.2 Å². The molecule has 0 aliphatic heterocycles. The third-order valence-electron chi connectivity index (χ3n) is 2.62. The van der Waals surface area contributed by atoms with E-state index in [0.29, 0.717) is 16.1 Å². The zero-order valence-electron chi connectivity index (χ0n) is 9.30. The van der Waals surface area contributed by atoms with Crippen LogP contribution in [0.1, 0.15) is 5.56 Å². The van der Waals surface area contributed by atoms with Gasteiger partial charge in [0.15, 0.2) is 0 Å². The average Bonchev–Trinajstić information content (AvgIpc) is 2.36. The van der Waals surface area contributed by atoms with Crippen LogP contribution in [0.2, 0.25) is 5.02 Å². The Morgan fingerprint density at radius 1 is 1.06 bits per heavy atom. The molecule has 92 valence electrons. The van der Waals surface area contributed by atoms with Crippen LogP contribution in [0.5, 0.6) is 11.5 Å². The zero-order chi connectivity index (χ0) is 13.1. The molecule has 0 spiro atoms. The molecule has 2 rings (SSSR count). The summed E-state index contributed by atoms with van der Waals surface area (Å²) in [6.07, 6.45) is 0. The van der Waals surface area contributed by atoms with Crippen molar-refractivity contribution in [2.75, 3.05) is 0 Å². The molecule has 0 saturated heterocycles. The molecule has 0 amide bonds. The number of nitrogens with zero attached hydrogens (tertiary/aromatic N) is 1. The van der Waals surface area contributed by atoms with Crippen LogP contribution >= 0.6 is 11.6 Å². The fourth-order valence-electron chi connectivity index (χ4n) is 1.69. The highest BCUT2D eigenvalue weighted by molar-refractivity contribution is 6.34. The molecule has 2 N–H and O–H groups in total. The van der Waals surface area contributed by atoms with Gasteiger partial charge in [-0.25, -0.2) is 0 Å². The highest BCUT2D eigenvalue weighted by atomic mass is 35.5. The Morgan fingerprint density at radius 2 is 1.72 bits per heavy atom. The Kier molecular flexibility index (Phi) is 3.48. The van der Waals surface area contributed by atoms with Crippen molar-refractivity contribution in [2.45, 2.75) is 6.54 Å². The lowest BCUT2D eigenvalue weighted by atomic mass is 10.0. The summed E-state index contributed by atoms with van der Waals surface area (Å²) in [7, 11) is 0. The second-order valence-corrected chi connectivity index (χ2v) is 4.14. The molecule has 18 heavy (non-hydrogen) atoms. The Morgan fingerprint density at radius 3 is 2.33 bits per heavy atom. The summed E-state index contributed by atoms with van der Waals surface area (Å²) in [6.45, 7) is -0.184. The third-order valence-corrected chi connectivity index (χ3v) is 3.05. The lowest BCUT2D eigenvalue weighted by molar-refractivity contribution is 0.468. The number of benzene rings is 2. The van der Waals surface area contributed by atoms with Gasteiger partial charge in [0.1, 0.15) is 18.0 Å². The fraction of sp³-hybridized carbons (Fsp3) is 0.0769. The minimum Gasteiger partial charge on any atom is -0.508 e. The van der Waals surface area contributed by atoms with Gasteiger partial charge in [0.2, 0.25) is 0 Å². The van der Waals surface area contributed by atoms with Crippen molar-refractivity contribution in [3.63, 3.8) is 0 Å². The van der Waals surface area contributed by atoms with Crippen LogP contribution in [-0.2, 0) is 6.54 Å². The molecular formula is C13H10ClNO3.